The van der Waals surface area contributed by atoms with E-state index >= 15 is 0 Å². The highest BCUT2D eigenvalue weighted by Gasteiger charge is 2.29. The molecule has 2 atom stereocenters. The molecule has 1 aliphatic rings. The minimum absolute atomic E-state index is 0.0304. The molecule has 0 spiro atoms. The average Bonchev–Trinajstić information content (AvgIpc) is 2.33. The minimum atomic E-state index is -3.55. The molecule has 0 fully saturated rings. The van der Waals surface area contributed by atoms with E-state index in [4.69, 9.17) is 0 Å². The molecule has 1 aliphatic carbocycles. The molecule has 0 radical (unpaired) electrons. The molecular weight excluding hydrogens is 252 g/mol. The van der Waals surface area contributed by atoms with Gasteiger partial charge in [-0.15, -0.1) is 0 Å². The fourth-order valence-corrected chi connectivity index (χ4v) is 3.43. The molecule has 2 N–H and O–H groups in total. The molecule has 98 valence electrons. The van der Waals surface area contributed by atoms with Gasteiger partial charge in [-0.3, -0.25) is 0 Å². The highest BCUT2D eigenvalue weighted by atomic mass is 32.2. The Bertz CT molecular complexity index is 557. The van der Waals surface area contributed by atoms with Crippen molar-refractivity contribution in [2.75, 3.05) is 0 Å². The van der Waals surface area contributed by atoms with E-state index in [-0.39, 0.29) is 22.6 Å². The van der Waals surface area contributed by atoms with E-state index in [0.29, 0.717) is 0 Å². The normalized spacial score (nSPS) is 24.7. The Kier molecular flexibility index (Phi) is 3.56. The van der Waals surface area contributed by atoms with E-state index in [2.05, 4.69) is 0 Å². The summed E-state index contributed by atoms with van der Waals surface area (Å²) in [6, 6.07) is 6.59. The van der Waals surface area contributed by atoms with Gasteiger partial charge < -0.3 is 10.2 Å². The zero-order chi connectivity index (χ0) is 13.3. The Morgan fingerprint density at radius 2 is 1.72 bits per heavy atom. The second-order valence-electron chi connectivity index (χ2n) is 4.56. The second kappa shape index (κ2) is 4.84. The third kappa shape index (κ3) is 2.48. The van der Waals surface area contributed by atoms with Gasteiger partial charge in [-0.25, -0.2) is 8.42 Å². The van der Waals surface area contributed by atoms with Crippen LogP contribution < -0.4 is 0 Å². The molecule has 0 bridgehead atoms. The maximum atomic E-state index is 12.3. The maximum absolute atomic E-state index is 12.3. The van der Waals surface area contributed by atoms with Gasteiger partial charge in [-0.1, -0.05) is 23.8 Å². The van der Waals surface area contributed by atoms with Crippen LogP contribution in [-0.2, 0) is 9.84 Å². The molecular formula is C13H16O4S. The van der Waals surface area contributed by atoms with Gasteiger partial charge in [0.2, 0.25) is 9.84 Å². The summed E-state index contributed by atoms with van der Waals surface area (Å²) >= 11 is 0. The molecule has 5 heteroatoms. The van der Waals surface area contributed by atoms with E-state index in [1.54, 1.807) is 24.3 Å². The van der Waals surface area contributed by atoms with Gasteiger partial charge in [0.1, 0.15) is 0 Å². The van der Waals surface area contributed by atoms with Crippen molar-refractivity contribution in [2.45, 2.75) is 36.9 Å². The molecule has 1 aromatic carbocycles. The lowest BCUT2D eigenvalue weighted by atomic mass is 10.0. The van der Waals surface area contributed by atoms with Gasteiger partial charge >= 0.3 is 0 Å². The highest BCUT2D eigenvalue weighted by Crippen LogP contribution is 2.28. The van der Waals surface area contributed by atoms with Crippen LogP contribution in [0.4, 0.5) is 0 Å². The topological polar surface area (TPSA) is 74.6 Å². The Hall–Kier alpha value is -1.17. The summed E-state index contributed by atoms with van der Waals surface area (Å²) in [5.41, 5.74) is 0.988. The fourth-order valence-electron chi connectivity index (χ4n) is 1.92. The first-order chi connectivity index (χ1) is 8.41. The molecule has 18 heavy (non-hydrogen) atoms. The predicted molar refractivity (Wildman–Crippen MR) is 67.7 cm³/mol. The second-order valence-corrected chi connectivity index (χ2v) is 6.56. The van der Waals surface area contributed by atoms with Crippen molar-refractivity contribution in [2.24, 2.45) is 0 Å². The molecule has 0 saturated heterocycles. The number of rotatable bonds is 2. The van der Waals surface area contributed by atoms with Gasteiger partial charge in [0.05, 0.1) is 17.1 Å². The monoisotopic (exact) mass is 268 g/mol. The first kappa shape index (κ1) is 13.3. The Labute approximate surface area is 107 Å². The summed E-state index contributed by atoms with van der Waals surface area (Å²) in [6.45, 7) is 1.89. The van der Waals surface area contributed by atoms with Crippen molar-refractivity contribution in [1.29, 1.82) is 0 Å². The zero-order valence-electron chi connectivity index (χ0n) is 10.1. The largest absolute Gasteiger partial charge is 0.390 e. The van der Waals surface area contributed by atoms with Crippen LogP contribution in [0.5, 0.6) is 0 Å². The van der Waals surface area contributed by atoms with Crippen molar-refractivity contribution in [3.63, 3.8) is 0 Å². The molecule has 2 unspecified atom stereocenters. The van der Waals surface area contributed by atoms with E-state index in [1.165, 1.54) is 6.08 Å². The van der Waals surface area contributed by atoms with Crippen LogP contribution in [0.1, 0.15) is 18.4 Å². The summed E-state index contributed by atoms with van der Waals surface area (Å²) < 4.78 is 24.6. The molecule has 4 nitrogen and oxygen atoms in total. The lowest BCUT2D eigenvalue weighted by Gasteiger charge is -2.23. The van der Waals surface area contributed by atoms with Crippen LogP contribution >= 0.6 is 0 Å². The number of hydrogen-bond donors (Lipinski definition) is 2. The molecule has 1 aromatic rings. The van der Waals surface area contributed by atoms with Gasteiger partial charge in [-0.05, 0) is 25.5 Å². The van der Waals surface area contributed by atoms with E-state index in [9.17, 15) is 18.6 Å². The van der Waals surface area contributed by atoms with Crippen LogP contribution in [-0.4, -0.2) is 30.8 Å². The van der Waals surface area contributed by atoms with Crippen molar-refractivity contribution >= 4 is 9.84 Å². The lowest BCUT2D eigenvalue weighted by molar-refractivity contribution is 0.0183. The van der Waals surface area contributed by atoms with Crippen molar-refractivity contribution in [1.82, 2.24) is 0 Å². The number of aliphatic hydroxyl groups is 2. The lowest BCUT2D eigenvalue weighted by Crippen LogP contribution is -2.30. The fraction of sp³-hybridized carbons (Fsp3) is 0.385. The number of aliphatic hydroxyl groups excluding tert-OH is 2. The van der Waals surface area contributed by atoms with Gasteiger partial charge in [0, 0.05) is 11.3 Å². The zero-order valence-corrected chi connectivity index (χ0v) is 10.9. The highest BCUT2D eigenvalue weighted by molar-refractivity contribution is 7.95. The first-order valence-electron chi connectivity index (χ1n) is 5.78. The first-order valence-corrected chi connectivity index (χ1v) is 7.26. The van der Waals surface area contributed by atoms with Crippen molar-refractivity contribution < 1.29 is 18.6 Å². The standard InChI is InChI=1S/C13H16O4S/c1-9-2-4-10(5-3-9)18(16,17)11-6-7-12(14)13(15)8-11/h2-6,12-15H,7-8H2,1H3. The number of benzene rings is 1. The number of sulfone groups is 1. The van der Waals surface area contributed by atoms with Crippen molar-refractivity contribution in [3.8, 4) is 0 Å². The number of aryl methyl sites for hydroxylation is 1. The van der Waals surface area contributed by atoms with E-state index in [1.807, 2.05) is 6.92 Å². The van der Waals surface area contributed by atoms with Crippen molar-refractivity contribution in [3.05, 3.63) is 40.8 Å². The molecule has 0 aliphatic heterocycles. The minimum Gasteiger partial charge on any atom is -0.390 e. The van der Waals surface area contributed by atoms with Gasteiger partial charge in [0.25, 0.3) is 0 Å². The Morgan fingerprint density at radius 3 is 2.28 bits per heavy atom. The molecule has 2 rings (SSSR count). The summed E-state index contributed by atoms with van der Waals surface area (Å²) in [4.78, 5) is 0.409. The average molecular weight is 268 g/mol. The van der Waals surface area contributed by atoms with Gasteiger partial charge in [-0.2, -0.15) is 0 Å². The Balaban J connectivity index is 2.35. The van der Waals surface area contributed by atoms with Crippen LogP contribution in [0.3, 0.4) is 0 Å². The summed E-state index contributed by atoms with van der Waals surface area (Å²) in [7, 11) is -3.55. The molecule has 0 saturated carbocycles. The van der Waals surface area contributed by atoms with Crippen LogP contribution in [0.2, 0.25) is 0 Å². The van der Waals surface area contributed by atoms with Crippen LogP contribution in [0.25, 0.3) is 0 Å². The van der Waals surface area contributed by atoms with E-state index < -0.39 is 22.0 Å². The molecule has 0 heterocycles. The molecule has 0 aromatic heterocycles. The molecule has 0 amide bonds. The number of hydrogen-bond acceptors (Lipinski definition) is 4. The third-order valence-corrected chi connectivity index (χ3v) is 5.03. The van der Waals surface area contributed by atoms with Gasteiger partial charge in [0.15, 0.2) is 0 Å². The third-order valence-electron chi connectivity index (χ3n) is 3.12. The quantitative estimate of drug-likeness (QED) is 0.844. The summed E-state index contributed by atoms with van der Waals surface area (Å²) in [6.07, 6.45) is -0.252. The summed E-state index contributed by atoms with van der Waals surface area (Å²) in [5.74, 6) is 0. The predicted octanol–water partition coefficient (Wildman–Crippen LogP) is 1.17. The Morgan fingerprint density at radius 1 is 1.11 bits per heavy atom. The SMILES string of the molecule is Cc1ccc(S(=O)(=O)C2=CCC(O)C(O)C2)cc1. The maximum Gasteiger partial charge on any atom is 0.202 e. The smallest absolute Gasteiger partial charge is 0.202 e. The summed E-state index contributed by atoms with van der Waals surface area (Å²) in [5, 5.41) is 18.9. The van der Waals surface area contributed by atoms with Crippen LogP contribution in [0.15, 0.2) is 40.1 Å². The van der Waals surface area contributed by atoms with Crippen LogP contribution in [0, 0.1) is 6.92 Å². The van der Waals surface area contributed by atoms with E-state index in [0.717, 1.165) is 5.56 Å².